The Labute approximate surface area is 111 Å². The van der Waals surface area contributed by atoms with Crippen molar-refractivity contribution in [1.29, 1.82) is 0 Å². The standard InChI is InChI=1S/C14H28N2O2/c1-11(2)9-16-8-7-13(15(3)4)12(10-16)5-6-14(17)18/h11-13H,5-10H2,1-4H3,(H,17,18)/t12-,13+/m1/s1. The molecule has 0 radical (unpaired) electrons. The van der Waals surface area contributed by atoms with Gasteiger partial charge in [0.05, 0.1) is 0 Å². The van der Waals surface area contributed by atoms with Crippen LogP contribution in [0.15, 0.2) is 0 Å². The molecule has 0 aromatic rings. The third-order valence-electron chi connectivity index (χ3n) is 3.79. The second kappa shape index (κ2) is 7.10. The predicted octanol–water partition coefficient (Wildman–Crippen LogP) is 1.76. The second-order valence-electron chi connectivity index (χ2n) is 6.17. The molecule has 1 fully saturated rings. The normalized spacial score (nSPS) is 25.9. The highest BCUT2D eigenvalue weighted by Gasteiger charge is 2.30. The zero-order valence-corrected chi connectivity index (χ0v) is 12.2. The van der Waals surface area contributed by atoms with Gasteiger partial charge in [0.2, 0.25) is 0 Å². The number of hydrogen-bond donors (Lipinski definition) is 1. The van der Waals surface area contributed by atoms with Crippen molar-refractivity contribution in [1.82, 2.24) is 9.80 Å². The van der Waals surface area contributed by atoms with Crippen LogP contribution in [0.5, 0.6) is 0 Å². The molecule has 0 aliphatic carbocycles. The van der Waals surface area contributed by atoms with Crippen LogP contribution in [0.4, 0.5) is 0 Å². The van der Waals surface area contributed by atoms with Crippen LogP contribution in [0, 0.1) is 11.8 Å². The fraction of sp³-hybridized carbons (Fsp3) is 0.929. The van der Waals surface area contributed by atoms with Crippen LogP contribution in [0.3, 0.4) is 0 Å². The maximum atomic E-state index is 10.8. The van der Waals surface area contributed by atoms with Gasteiger partial charge >= 0.3 is 5.97 Å². The lowest BCUT2D eigenvalue weighted by molar-refractivity contribution is -0.137. The highest BCUT2D eigenvalue weighted by molar-refractivity contribution is 5.66. The van der Waals surface area contributed by atoms with Gasteiger partial charge in [-0.3, -0.25) is 4.79 Å². The summed E-state index contributed by atoms with van der Waals surface area (Å²) >= 11 is 0. The van der Waals surface area contributed by atoms with Gasteiger partial charge in [-0.2, -0.15) is 0 Å². The highest BCUT2D eigenvalue weighted by atomic mass is 16.4. The number of aliphatic carboxylic acids is 1. The first-order valence-electron chi connectivity index (χ1n) is 7.00. The molecular weight excluding hydrogens is 228 g/mol. The van der Waals surface area contributed by atoms with Crippen molar-refractivity contribution in [3.8, 4) is 0 Å². The first kappa shape index (κ1) is 15.4. The summed E-state index contributed by atoms with van der Waals surface area (Å²) in [5, 5.41) is 8.85. The summed E-state index contributed by atoms with van der Waals surface area (Å²) in [6.45, 7) is 7.80. The minimum absolute atomic E-state index is 0.296. The van der Waals surface area contributed by atoms with Crippen molar-refractivity contribution in [3.05, 3.63) is 0 Å². The van der Waals surface area contributed by atoms with Gasteiger partial charge in [0.25, 0.3) is 0 Å². The van der Waals surface area contributed by atoms with E-state index in [4.69, 9.17) is 5.11 Å². The maximum Gasteiger partial charge on any atom is 0.303 e. The van der Waals surface area contributed by atoms with E-state index >= 15 is 0 Å². The average Bonchev–Trinajstić information content (AvgIpc) is 2.25. The van der Waals surface area contributed by atoms with E-state index in [2.05, 4.69) is 37.7 Å². The van der Waals surface area contributed by atoms with Gasteiger partial charge in [-0.1, -0.05) is 13.8 Å². The number of nitrogens with zero attached hydrogens (tertiary/aromatic N) is 2. The van der Waals surface area contributed by atoms with Gasteiger partial charge in [0, 0.05) is 25.6 Å². The van der Waals surface area contributed by atoms with Crippen LogP contribution in [-0.4, -0.2) is 60.6 Å². The first-order valence-corrected chi connectivity index (χ1v) is 7.00. The van der Waals surface area contributed by atoms with Gasteiger partial charge in [-0.25, -0.2) is 0 Å². The molecule has 1 heterocycles. The molecule has 0 unspecified atom stereocenters. The first-order chi connectivity index (χ1) is 8.40. The van der Waals surface area contributed by atoms with Crippen molar-refractivity contribution in [2.45, 2.75) is 39.2 Å². The Balaban J connectivity index is 2.55. The van der Waals surface area contributed by atoms with E-state index in [1.54, 1.807) is 0 Å². The zero-order valence-electron chi connectivity index (χ0n) is 12.2. The zero-order chi connectivity index (χ0) is 13.7. The van der Waals surface area contributed by atoms with Crippen molar-refractivity contribution in [2.75, 3.05) is 33.7 Å². The van der Waals surface area contributed by atoms with E-state index < -0.39 is 5.97 Å². The highest BCUT2D eigenvalue weighted by Crippen LogP contribution is 2.25. The SMILES string of the molecule is CC(C)CN1CC[C@H](N(C)C)[C@H](CCC(=O)O)C1. The van der Waals surface area contributed by atoms with E-state index in [1.165, 1.54) is 0 Å². The van der Waals surface area contributed by atoms with E-state index in [-0.39, 0.29) is 0 Å². The Morgan fingerprint density at radius 1 is 1.44 bits per heavy atom. The Bertz CT molecular complexity index is 267. The van der Waals surface area contributed by atoms with Gasteiger partial charge in [0.15, 0.2) is 0 Å². The average molecular weight is 256 g/mol. The molecule has 2 atom stereocenters. The molecule has 0 amide bonds. The van der Waals surface area contributed by atoms with Crippen LogP contribution in [-0.2, 0) is 4.79 Å². The smallest absolute Gasteiger partial charge is 0.303 e. The van der Waals surface area contributed by atoms with E-state index in [0.29, 0.717) is 24.3 Å². The summed E-state index contributed by atoms with van der Waals surface area (Å²) in [7, 11) is 4.22. The summed E-state index contributed by atoms with van der Waals surface area (Å²) in [5.74, 6) is 0.498. The number of rotatable bonds is 6. The summed E-state index contributed by atoms with van der Waals surface area (Å²) in [6.07, 6.45) is 2.25. The summed E-state index contributed by atoms with van der Waals surface area (Å²) in [5.41, 5.74) is 0. The van der Waals surface area contributed by atoms with Gasteiger partial charge in [-0.05, 0) is 45.3 Å². The Kier molecular flexibility index (Phi) is 6.09. The minimum Gasteiger partial charge on any atom is -0.481 e. The molecule has 4 nitrogen and oxygen atoms in total. The summed E-state index contributed by atoms with van der Waals surface area (Å²) in [4.78, 5) is 15.5. The summed E-state index contributed by atoms with van der Waals surface area (Å²) in [6, 6.07) is 0.535. The molecule has 1 N–H and O–H groups in total. The van der Waals surface area contributed by atoms with Crippen LogP contribution in [0.1, 0.15) is 33.1 Å². The number of piperidine rings is 1. The molecule has 1 saturated heterocycles. The molecule has 0 aromatic heterocycles. The van der Waals surface area contributed by atoms with E-state index in [9.17, 15) is 4.79 Å². The Hall–Kier alpha value is -0.610. The Morgan fingerprint density at radius 2 is 2.11 bits per heavy atom. The number of carbonyl (C=O) groups is 1. The molecule has 0 spiro atoms. The quantitative estimate of drug-likeness (QED) is 0.786. The maximum absolute atomic E-state index is 10.8. The van der Waals surface area contributed by atoms with Gasteiger partial charge in [-0.15, -0.1) is 0 Å². The van der Waals surface area contributed by atoms with Gasteiger partial charge in [0.1, 0.15) is 0 Å². The van der Waals surface area contributed by atoms with E-state index in [0.717, 1.165) is 32.5 Å². The van der Waals surface area contributed by atoms with Crippen molar-refractivity contribution < 1.29 is 9.90 Å². The Morgan fingerprint density at radius 3 is 2.61 bits per heavy atom. The molecule has 1 rings (SSSR count). The molecule has 4 heteroatoms. The lowest BCUT2D eigenvalue weighted by Gasteiger charge is -2.42. The molecule has 0 aromatic carbocycles. The van der Waals surface area contributed by atoms with Crippen molar-refractivity contribution in [2.24, 2.45) is 11.8 Å². The second-order valence-corrected chi connectivity index (χ2v) is 6.17. The van der Waals surface area contributed by atoms with Crippen molar-refractivity contribution >= 4 is 5.97 Å². The minimum atomic E-state index is -0.673. The predicted molar refractivity (Wildman–Crippen MR) is 73.7 cm³/mol. The van der Waals surface area contributed by atoms with Crippen LogP contribution < -0.4 is 0 Å². The lowest BCUT2D eigenvalue weighted by atomic mass is 9.87. The van der Waals surface area contributed by atoms with Gasteiger partial charge < -0.3 is 14.9 Å². The molecule has 18 heavy (non-hydrogen) atoms. The molecule has 106 valence electrons. The van der Waals surface area contributed by atoms with E-state index in [1.807, 2.05) is 0 Å². The lowest BCUT2D eigenvalue weighted by Crippen LogP contribution is -2.49. The van der Waals surface area contributed by atoms with Crippen LogP contribution >= 0.6 is 0 Å². The largest absolute Gasteiger partial charge is 0.481 e. The van der Waals surface area contributed by atoms with Crippen LogP contribution in [0.25, 0.3) is 0 Å². The molecule has 1 aliphatic rings. The summed E-state index contributed by atoms with van der Waals surface area (Å²) < 4.78 is 0. The third-order valence-corrected chi connectivity index (χ3v) is 3.79. The number of carboxylic acids is 1. The number of carboxylic acid groups (broad SMARTS) is 1. The molecule has 0 saturated carbocycles. The molecule has 1 aliphatic heterocycles. The van der Waals surface area contributed by atoms with Crippen molar-refractivity contribution in [3.63, 3.8) is 0 Å². The van der Waals surface area contributed by atoms with Crippen LogP contribution in [0.2, 0.25) is 0 Å². The fourth-order valence-corrected chi connectivity index (χ4v) is 3.05. The number of hydrogen-bond acceptors (Lipinski definition) is 3. The molecular formula is C14H28N2O2. The topological polar surface area (TPSA) is 43.8 Å². The monoisotopic (exact) mass is 256 g/mol. The number of likely N-dealkylation sites (tertiary alicyclic amines) is 1. The fourth-order valence-electron chi connectivity index (χ4n) is 3.05. The molecule has 0 bridgehead atoms. The third kappa shape index (κ3) is 4.94.